The normalized spacial score (nSPS) is 19.5. The minimum atomic E-state index is -4.42. The highest BCUT2D eigenvalue weighted by atomic mass is 35.5. The summed E-state index contributed by atoms with van der Waals surface area (Å²) in [4.78, 5) is 6.18. The summed E-state index contributed by atoms with van der Waals surface area (Å²) in [6.45, 7) is 0.529. The Morgan fingerprint density at radius 1 is 0.971 bits per heavy atom. The van der Waals surface area contributed by atoms with Crippen molar-refractivity contribution in [2.24, 2.45) is 5.73 Å². The third-order valence-corrected chi connectivity index (χ3v) is 6.67. The van der Waals surface area contributed by atoms with E-state index in [0.717, 1.165) is 10.9 Å². The van der Waals surface area contributed by atoms with Gasteiger partial charge in [-0.2, -0.15) is 13.2 Å². The number of rotatable bonds is 4. The van der Waals surface area contributed by atoms with Crippen LogP contribution in [0.15, 0.2) is 48.7 Å². The number of hydrogen-bond acceptors (Lipinski definition) is 5. The first-order valence-electron chi connectivity index (χ1n) is 11.2. The van der Waals surface area contributed by atoms with Crippen LogP contribution in [0.2, 0.25) is 0 Å². The lowest BCUT2D eigenvalue weighted by Gasteiger charge is -2.30. The molecule has 0 bridgehead atoms. The van der Waals surface area contributed by atoms with E-state index >= 15 is 0 Å². The van der Waals surface area contributed by atoms with Crippen LogP contribution < -0.4 is 5.73 Å². The van der Waals surface area contributed by atoms with Crippen LogP contribution in [0.4, 0.5) is 13.2 Å². The topological polar surface area (TPSA) is 72.3 Å². The predicted molar refractivity (Wildman–Crippen MR) is 133 cm³/mol. The number of halogens is 5. The molecule has 11 heteroatoms. The van der Waals surface area contributed by atoms with Crippen LogP contribution in [-0.2, 0) is 0 Å². The molecule has 1 unspecified atom stereocenters. The molecule has 2 fully saturated rings. The van der Waals surface area contributed by atoms with Gasteiger partial charge in [0, 0.05) is 30.7 Å². The smallest absolute Gasteiger partial charge is 0.326 e. The van der Waals surface area contributed by atoms with Crippen molar-refractivity contribution in [3.8, 4) is 11.5 Å². The maximum absolute atomic E-state index is 14.1. The average Bonchev–Trinajstić information content (AvgIpc) is 3.42. The van der Waals surface area contributed by atoms with E-state index in [-0.39, 0.29) is 43.0 Å². The van der Waals surface area contributed by atoms with Crippen molar-refractivity contribution in [2.75, 3.05) is 13.1 Å². The summed E-state index contributed by atoms with van der Waals surface area (Å²) in [5, 5.41) is 9.43. The van der Waals surface area contributed by atoms with Crippen molar-refractivity contribution in [3.63, 3.8) is 0 Å². The number of benzene rings is 1. The summed E-state index contributed by atoms with van der Waals surface area (Å²) in [6.07, 6.45) is 0.0121. The van der Waals surface area contributed by atoms with E-state index in [1.54, 1.807) is 10.5 Å². The Kier molecular flexibility index (Phi) is 6.98. The van der Waals surface area contributed by atoms with E-state index in [4.69, 9.17) is 10.7 Å². The van der Waals surface area contributed by atoms with Gasteiger partial charge in [-0.05, 0) is 54.5 Å². The molecule has 1 saturated heterocycles. The molecule has 4 aromatic rings. The standard InChI is InChI=1S/C24H23F3N6.2ClH/c25-24(26,27)22(32-10-9-18(28)13-32)17-6-8-21-30-31-23(33(21)12-17)19-7-5-15-3-4-16(14-1-2-14)11-20(15)29-19;;/h3-8,11-12,14,18,22H,1-2,9-10,13,28H2;2*1H/t18?,22-;;/m1../s1. The molecule has 6 rings (SSSR count). The van der Waals surface area contributed by atoms with E-state index in [2.05, 4.69) is 28.4 Å². The van der Waals surface area contributed by atoms with E-state index in [1.165, 1.54) is 35.6 Å². The van der Waals surface area contributed by atoms with Crippen LogP contribution in [0, 0.1) is 0 Å². The number of alkyl halides is 3. The Bertz CT molecular complexity index is 1350. The number of nitrogens with two attached hydrogens (primary N) is 1. The minimum absolute atomic E-state index is 0. The van der Waals surface area contributed by atoms with Gasteiger partial charge in [-0.1, -0.05) is 24.3 Å². The molecule has 3 aromatic heterocycles. The Hall–Kier alpha value is -2.46. The minimum Gasteiger partial charge on any atom is -0.326 e. The molecule has 2 atom stereocenters. The van der Waals surface area contributed by atoms with Gasteiger partial charge in [0.25, 0.3) is 0 Å². The van der Waals surface area contributed by atoms with Crippen LogP contribution in [0.5, 0.6) is 0 Å². The average molecular weight is 525 g/mol. The molecule has 6 nitrogen and oxygen atoms in total. The third-order valence-electron chi connectivity index (χ3n) is 6.67. The molecule has 35 heavy (non-hydrogen) atoms. The van der Waals surface area contributed by atoms with Gasteiger partial charge in [-0.3, -0.25) is 9.30 Å². The highest BCUT2D eigenvalue weighted by molar-refractivity contribution is 5.85. The van der Waals surface area contributed by atoms with Gasteiger partial charge in [0.2, 0.25) is 0 Å². The molecule has 1 aliphatic heterocycles. The predicted octanol–water partition coefficient (Wildman–Crippen LogP) is 5.30. The molecule has 0 amide bonds. The highest BCUT2D eigenvalue weighted by Gasteiger charge is 2.46. The summed E-state index contributed by atoms with van der Waals surface area (Å²) >= 11 is 0. The second-order valence-electron chi connectivity index (χ2n) is 9.12. The fourth-order valence-corrected chi connectivity index (χ4v) is 4.83. The van der Waals surface area contributed by atoms with Crippen LogP contribution in [0.25, 0.3) is 28.1 Å². The lowest BCUT2D eigenvalue weighted by molar-refractivity contribution is -0.183. The SMILES string of the molecule is Cl.Cl.NC1CCN([C@H](c2ccc3nnc(-c4ccc5ccc(C6CC6)cc5n4)n3c2)C(F)(F)F)C1. The van der Waals surface area contributed by atoms with Crippen molar-refractivity contribution in [1.82, 2.24) is 24.5 Å². The van der Waals surface area contributed by atoms with E-state index in [9.17, 15) is 13.2 Å². The van der Waals surface area contributed by atoms with Crippen molar-refractivity contribution < 1.29 is 13.2 Å². The number of fused-ring (bicyclic) bond motifs is 2. The highest BCUT2D eigenvalue weighted by Crippen LogP contribution is 2.41. The Balaban J connectivity index is 0.00000144. The summed E-state index contributed by atoms with van der Waals surface area (Å²) in [7, 11) is 0. The van der Waals surface area contributed by atoms with E-state index < -0.39 is 12.2 Å². The molecule has 0 radical (unpaired) electrons. The van der Waals surface area contributed by atoms with Crippen molar-refractivity contribution in [3.05, 3.63) is 59.8 Å². The molecule has 1 aromatic carbocycles. The van der Waals surface area contributed by atoms with Crippen molar-refractivity contribution in [2.45, 2.75) is 43.4 Å². The zero-order valence-corrected chi connectivity index (χ0v) is 20.3. The van der Waals surface area contributed by atoms with Gasteiger partial charge in [-0.25, -0.2) is 4.98 Å². The van der Waals surface area contributed by atoms with Crippen LogP contribution in [0.3, 0.4) is 0 Å². The molecule has 2 aliphatic rings. The van der Waals surface area contributed by atoms with Crippen LogP contribution in [-0.4, -0.2) is 49.8 Å². The summed E-state index contributed by atoms with van der Waals surface area (Å²) in [5.41, 5.74) is 9.21. The molecular formula is C24H25Cl2F3N6. The van der Waals surface area contributed by atoms with E-state index in [1.807, 2.05) is 12.1 Å². The summed E-state index contributed by atoms with van der Waals surface area (Å²) in [6, 6.07) is 11.2. The molecular weight excluding hydrogens is 500 g/mol. The summed E-state index contributed by atoms with van der Waals surface area (Å²) < 4.78 is 43.8. The molecule has 2 N–H and O–H groups in total. The quantitative estimate of drug-likeness (QED) is 0.392. The molecule has 1 saturated carbocycles. The zero-order chi connectivity index (χ0) is 22.7. The third kappa shape index (κ3) is 4.82. The first-order chi connectivity index (χ1) is 15.9. The lowest BCUT2D eigenvalue weighted by atomic mass is 10.1. The Labute approximate surface area is 212 Å². The van der Waals surface area contributed by atoms with Gasteiger partial charge in [-0.15, -0.1) is 35.0 Å². The number of nitrogens with zero attached hydrogens (tertiary/aromatic N) is 5. The van der Waals surface area contributed by atoms with Gasteiger partial charge < -0.3 is 5.73 Å². The molecule has 1 aliphatic carbocycles. The number of likely N-dealkylation sites (tertiary alicyclic amines) is 1. The monoisotopic (exact) mass is 524 g/mol. The van der Waals surface area contributed by atoms with Gasteiger partial charge in [0.15, 0.2) is 11.5 Å². The largest absolute Gasteiger partial charge is 0.408 e. The Morgan fingerprint density at radius 2 is 1.74 bits per heavy atom. The number of pyridine rings is 2. The first-order valence-corrected chi connectivity index (χ1v) is 11.2. The van der Waals surface area contributed by atoms with Crippen molar-refractivity contribution in [1.29, 1.82) is 0 Å². The maximum atomic E-state index is 14.1. The van der Waals surface area contributed by atoms with Crippen molar-refractivity contribution >= 4 is 41.4 Å². The van der Waals surface area contributed by atoms with E-state index in [0.29, 0.717) is 36.0 Å². The van der Waals surface area contributed by atoms with Crippen LogP contribution in [0.1, 0.15) is 42.3 Å². The van der Waals surface area contributed by atoms with Gasteiger partial charge >= 0.3 is 6.18 Å². The van der Waals surface area contributed by atoms with Gasteiger partial charge in [0.05, 0.1) is 5.52 Å². The second kappa shape index (κ2) is 9.54. The zero-order valence-electron chi connectivity index (χ0n) is 18.7. The van der Waals surface area contributed by atoms with Gasteiger partial charge in [0.1, 0.15) is 11.7 Å². The number of aromatic nitrogens is 4. The summed E-state index contributed by atoms with van der Waals surface area (Å²) in [5.74, 6) is 1.03. The maximum Gasteiger partial charge on any atom is 0.408 e. The molecule has 186 valence electrons. The first kappa shape index (κ1) is 25.6. The molecule has 0 spiro atoms. The fraction of sp³-hybridized carbons (Fsp3) is 0.375. The lowest BCUT2D eigenvalue weighted by Crippen LogP contribution is -2.38. The Morgan fingerprint density at radius 3 is 2.43 bits per heavy atom. The second-order valence-corrected chi connectivity index (χ2v) is 9.12. The fourth-order valence-electron chi connectivity index (χ4n) is 4.83. The van der Waals surface area contributed by atoms with Crippen LogP contribution >= 0.6 is 24.8 Å². The molecule has 4 heterocycles. The number of hydrogen-bond donors (Lipinski definition) is 1.